The normalized spacial score (nSPS) is 10.5. The largest absolute Gasteiger partial charge is 0.351 e. The average molecular weight is 340 g/mol. The Labute approximate surface area is 148 Å². The molecule has 2 aromatic rings. The fourth-order valence-electron chi connectivity index (χ4n) is 2.24. The summed E-state index contributed by atoms with van der Waals surface area (Å²) in [5.74, 6) is -0.567. The maximum absolute atomic E-state index is 12.2. The second-order valence-electron chi connectivity index (χ2n) is 5.99. The number of nitrogens with one attached hydrogen (secondary N) is 2. The van der Waals surface area contributed by atoms with E-state index in [0.29, 0.717) is 13.1 Å². The number of carbonyl (C=O) groups excluding carboxylic acids is 2. The Kier molecular flexibility index (Phi) is 7.10. The molecule has 0 radical (unpaired) electrons. The second kappa shape index (κ2) is 9.54. The van der Waals surface area contributed by atoms with Crippen LogP contribution in [-0.2, 0) is 6.54 Å². The predicted octanol–water partition coefficient (Wildman–Crippen LogP) is 1.69. The molecule has 1 heterocycles. The minimum atomic E-state index is -0.300. The van der Waals surface area contributed by atoms with E-state index >= 15 is 0 Å². The molecule has 25 heavy (non-hydrogen) atoms. The van der Waals surface area contributed by atoms with Gasteiger partial charge in [0, 0.05) is 13.1 Å². The SMILES string of the molecule is CN(C)CCCNC(=O)c1cccc(C(=O)NCc2ccccc2)n1. The summed E-state index contributed by atoms with van der Waals surface area (Å²) in [5, 5.41) is 5.63. The van der Waals surface area contributed by atoms with Gasteiger partial charge >= 0.3 is 0 Å². The van der Waals surface area contributed by atoms with E-state index < -0.39 is 0 Å². The van der Waals surface area contributed by atoms with Gasteiger partial charge in [0.25, 0.3) is 11.8 Å². The van der Waals surface area contributed by atoms with Gasteiger partial charge < -0.3 is 15.5 Å². The van der Waals surface area contributed by atoms with Gasteiger partial charge in [0.15, 0.2) is 0 Å². The molecule has 6 nitrogen and oxygen atoms in total. The minimum Gasteiger partial charge on any atom is -0.351 e. The van der Waals surface area contributed by atoms with Crippen LogP contribution in [0.15, 0.2) is 48.5 Å². The molecule has 0 saturated carbocycles. The van der Waals surface area contributed by atoms with Gasteiger partial charge in [-0.05, 0) is 44.8 Å². The van der Waals surface area contributed by atoms with Crippen molar-refractivity contribution in [1.29, 1.82) is 0 Å². The Bertz CT molecular complexity index is 702. The number of benzene rings is 1. The number of hydrogen-bond acceptors (Lipinski definition) is 4. The third-order valence-corrected chi connectivity index (χ3v) is 3.58. The van der Waals surface area contributed by atoms with Crippen LogP contribution in [-0.4, -0.2) is 48.9 Å². The zero-order valence-corrected chi connectivity index (χ0v) is 14.7. The first-order valence-corrected chi connectivity index (χ1v) is 8.28. The summed E-state index contributed by atoms with van der Waals surface area (Å²) in [4.78, 5) is 30.6. The average Bonchev–Trinajstić information content (AvgIpc) is 2.64. The molecule has 2 rings (SSSR count). The Hall–Kier alpha value is -2.73. The fourth-order valence-corrected chi connectivity index (χ4v) is 2.24. The maximum atomic E-state index is 12.2. The highest BCUT2D eigenvalue weighted by Crippen LogP contribution is 2.02. The van der Waals surface area contributed by atoms with Gasteiger partial charge in [0.1, 0.15) is 11.4 Å². The van der Waals surface area contributed by atoms with Crippen molar-refractivity contribution in [2.24, 2.45) is 0 Å². The zero-order valence-electron chi connectivity index (χ0n) is 14.7. The number of rotatable bonds is 8. The molecule has 0 atom stereocenters. The summed E-state index contributed by atoms with van der Waals surface area (Å²) in [6.07, 6.45) is 0.857. The molecule has 2 N–H and O–H groups in total. The number of aromatic nitrogens is 1. The second-order valence-corrected chi connectivity index (χ2v) is 5.99. The molecular weight excluding hydrogens is 316 g/mol. The minimum absolute atomic E-state index is 0.233. The number of hydrogen-bond donors (Lipinski definition) is 2. The molecule has 0 fully saturated rings. The molecule has 0 aliphatic rings. The quantitative estimate of drug-likeness (QED) is 0.717. The smallest absolute Gasteiger partial charge is 0.270 e. The van der Waals surface area contributed by atoms with Crippen molar-refractivity contribution < 1.29 is 9.59 Å². The lowest BCUT2D eigenvalue weighted by atomic mass is 10.2. The predicted molar refractivity (Wildman–Crippen MR) is 97.4 cm³/mol. The van der Waals surface area contributed by atoms with Gasteiger partial charge in [0.2, 0.25) is 0 Å². The van der Waals surface area contributed by atoms with E-state index in [1.165, 1.54) is 0 Å². The van der Waals surface area contributed by atoms with E-state index in [2.05, 4.69) is 20.5 Å². The van der Waals surface area contributed by atoms with E-state index in [0.717, 1.165) is 18.5 Å². The van der Waals surface area contributed by atoms with Gasteiger partial charge in [-0.1, -0.05) is 36.4 Å². The highest BCUT2D eigenvalue weighted by Gasteiger charge is 2.12. The van der Waals surface area contributed by atoms with E-state index in [1.54, 1.807) is 18.2 Å². The molecule has 2 amide bonds. The van der Waals surface area contributed by atoms with Crippen LogP contribution in [0.2, 0.25) is 0 Å². The van der Waals surface area contributed by atoms with E-state index in [9.17, 15) is 9.59 Å². The van der Waals surface area contributed by atoms with Gasteiger partial charge in [-0.25, -0.2) is 4.98 Å². The Morgan fingerprint density at radius 1 is 0.920 bits per heavy atom. The molecule has 132 valence electrons. The van der Waals surface area contributed by atoms with Crippen LogP contribution in [0.1, 0.15) is 33.0 Å². The number of carbonyl (C=O) groups is 2. The Morgan fingerprint density at radius 2 is 1.56 bits per heavy atom. The lowest BCUT2D eigenvalue weighted by Crippen LogP contribution is -2.29. The highest BCUT2D eigenvalue weighted by atomic mass is 16.2. The molecule has 0 bridgehead atoms. The number of pyridine rings is 1. The van der Waals surface area contributed by atoms with Crippen molar-refractivity contribution in [3.63, 3.8) is 0 Å². The summed E-state index contributed by atoms with van der Waals surface area (Å²) in [5.41, 5.74) is 1.49. The molecule has 0 saturated heterocycles. The fraction of sp³-hybridized carbons (Fsp3) is 0.316. The van der Waals surface area contributed by atoms with E-state index in [-0.39, 0.29) is 23.2 Å². The maximum Gasteiger partial charge on any atom is 0.270 e. The lowest BCUT2D eigenvalue weighted by molar-refractivity contribution is 0.0942. The van der Waals surface area contributed by atoms with Crippen molar-refractivity contribution in [1.82, 2.24) is 20.5 Å². The van der Waals surface area contributed by atoms with Crippen molar-refractivity contribution >= 4 is 11.8 Å². The van der Waals surface area contributed by atoms with Crippen LogP contribution in [0, 0.1) is 0 Å². The van der Waals surface area contributed by atoms with Gasteiger partial charge in [-0.15, -0.1) is 0 Å². The summed E-state index contributed by atoms with van der Waals surface area (Å²) >= 11 is 0. The van der Waals surface area contributed by atoms with Crippen LogP contribution >= 0.6 is 0 Å². The standard InChI is InChI=1S/C19H24N4O2/c1-23(2)13-7-12-20-18(24)16-10-6-11-17(22-16)19(25)21-14-15-8-4-3-5-9-15/h3-6,8-11H,7,12-14H2,1-2H3,(H,20,24)(H,21,25). The lowest BCUT2D eigenvalue weighted by Gasteiger charge is -2.10. The molecule has 6 heteroatoms. The van der Waals surface area contributed by atoms with Crippen LogP contribution in [0.4, 0.5) is 0 Å². The molecule has 0 aliphatic heterocycles. The highest BCUT2D eigenvalue weighted by molar-refractivity contribution is 5.96. The topological polar surface area (TPSA) is 74.3 Å². The van der Waals surface area contributed by atoms with E-state index in [4.69, 9.17) is 0 Å². The monoisotopic (exact) mass is 340 g/mol. The van der Waals surface area contributed by atoms with Gasteiger partial charge in [0.05, 0.1) is 0 Å². The molecule has 0 aliphatic carbocycles. The summed E-state index contributed by atoms with van der Waals surface area (Å²) in [7, 11) is 3.97. The Balaban J connectivity index is 1.88. The van der Waals surface area contributed by atoms with E-state index in [1.807, 2.05) is 44.4 Å². The van der Waals surface area contributed by atoms with Gasteiger partial charge in [-0.3, -0.25) is 9.59 Å². The molecular formula is C19H24N4O2. The van der Waals surface area contributed by atoms with Crippen molar-refractivity contribution in [3.8, 4) is 0 Å². The molecule has 1 aromatic heterocycles. The third-order valence-electron chi connectivity index (χ3n) is 3.58. The van der Waals surface area contributed by atoms with Crippen LogP contribution in [0.5, 0.6) is 0 Å². The first-order chi connectivity index (χ1) is 12.1. The zero-order chi connectivity index (χ0) is 18.1. The number of nitrogens with zero attached hydrogens (tertiary/aromatic N) is 2. The van der Waals surface area contributed by atoms with Crippen molar-refractivity contribution in [3.05, 3.63) is 65.5 Å². The van der Waals surface area contributed by atoms with Crippen LogP contribution in [0.25, 0.3) is 0 Å². The Morgan fingerprint density at radius 3 is 2.20 bits per heavy atom. The first kappa shape index (κ1) is 18.6. The van der Waals surface area contributed by atoms with Crippen LogP contribution in [0.3, 0.4) is 0 Å². The van der Waals surface area contributed by atoms with Crippen molar-refractivity contribution in [2.45, 2.75) is 13.0 Å². The third kappa shape index (κ3) is 6.35. The van der Waals surface area contributed by atoms with Crippen molar-refractivity contribution in [2.75, 3.05) is 27.2 Å². The summed E-state index contributed by atoms with van der Waals surface area (Å²) in [6.45, 7) is 1.89. The summed E-state index contributed by atoms with van der Waals surface area (Å²) in [6, 6.07) is 14.5. The number of amides is 2. The molecule has 0 spiro atoms. The van der Waals surface area contributed by atoms with Crippen LogP contribution < -0.4 is 10.6 Å². The van der Waals surface area contributed by atoms with Gasteiger partial charge in [-0.2, -0.15) is 0 Å². The first-order valence-electron chi connectivity index (χ1n) is 8.28. The molecule has 1 aromatic carbocycles. The summed E-state index contributed by atoms with van der Waals surface area (Å²) < 4.78 is 0. The molecule has 0 unspecified atom stereocenters.